The van der Waals surface area contributed by atoms with Crippen LogP contribution in [0.3, 0.4) is 0 Å². The van der Waals surface area contributed by atoms with Crippen molar-refractivity contribution >= 4 is 32.1 Å². The Hall–Kier alpha value is -2.80. The number of aromatic nitrogens is 4. The molecule has 33 heavy (non-hydrogen) atoms. The molecular formula is C16H16N4O10S3. The molecule has 3 aromatic heterocycles. The van der Waals surface area contributed by atoms with E-state index in [1.165, 1.54) is 49.1 Å². The molecule has 0 aromatic carbocycles. The van der Waals surface area contributed by atoms with Crippen molar-refractivity contribution in [1.29, 1.82) is 0 Å². The molecule has 3 aromatic rings. The molecule has 0 saturated heterocycles. The normalized spacial score (nSPS) is 13.9. The van der Waals surface area contributed by atoms with Gasteiger partial charge in [-0.05, 0) is 46.7 Å². The summed E-state index contributed by atoms with van der Waals surface area (Å²) in [5.74, 6) is 0. The number of aliphatic hydroxyl groups excluding tert-OH is 2. The Bertz CT molecular complexity index is 1140. The lowest BCUT2D eigenvalue weighted by Gasteiger charge is -2.10. The van der Waals surface area contributed by atoms with E-state index in [9.17, 15) is 27.0 Å². The Morgan fingerprint density at radius 2 is 1.09 bits per heavy atom. The SMILES string of the molecule is O=S(=O)(OCC(O)c1ccncc1)Oc1nnc(OS(=O)(=O)OCC(O)c2ccncc2)s1. The average Bonchev–Trinajstić information content (AvgIpc) is 3.22. The van der Waals surface area contributed by atoms with Crippen molar-refractivity contribution < 1.29 is 43.8 Å². The van der Waals surface area contributed by atoms with Crippen LogP contribution in [0.4, 0.5) is 0 Å². The zero-order valence-corrected chi connectivity index (χ0v) is 18.8. The molecule has 0 aliphatic rings. The summed E-state index contributed by atoms with van der Waals surface area (Å²) in [7, 11) is -9.32. The fourth-order valence-corrected chi connectivity index (χ4v) is 4.33. The van der Waals surface area contributed by atoms with Gasteiger partial charge in [0.2, 0.25) is 0 Å². The van der Waals surface area contributed by atoms with Crippen LogP contribution in [0.15, 0.2) is 49.1 Å². The van der Waals surface area contributed by atoms with Crippen LogP contribution in [-0.4, -0.2) is 60.4 Å². The van der Waals surface area contributed by atoms with Gasteiger partial charge >= 0.3 is 31.2 Å². The van der Waals surface area contributed by atoms with Gasteiger partial charge in [-0.2, -0.15) is 16.8 Å². The summed E-state index contributed by atoms with van der Waals surface area (Å²) < 4.78 is 65.8. The molecule has 17 heteroatoms. The summed E-state index contributed by atoms with van der Waals surface area (Å²) >= 11 is 0.321. The molecule has 0 radical (unpaired) electrons. The van der Waals surface area contributed by atoms with Crippen LogP contribution >= 0.6 is 11.3 Å². The number of nitrogens with zero attached hydrogens (tertiary/aromatic N) is 4. The molecule has 2 N–H and O–H groups in total. The molecule has 2 atom stereocenters. The second-order valence-corrected chi connectivity index (χ2v) is 9.32. The zero-order chi connectivity index (χ0) is 23.9. The van der Waals surface area contributed by atoms with E-state index in [4.69, 9.17) is 0 Å². The van der Waals surface area contributed by atoms with Crippen molar-refractivity contribution in [2.75, 3.05) is 13.2 Å². The second kappa shape index (κ2) is 10.9. The minimum atomic E-state index is -4.66. The molecule has 0 bridgehead atoms. The standard InChI is InChI=1S/C16H16N4O10S3/c21-13(11-1-5-17-6-2-11)9-27-32(23,24)29-15-19-20-16(31-15)30-33(25,26)28-10-14(22)12-3-7-18-8-4-12/h1-8,13-14,21-22H,9-10H2. The Kier molecular flexibility index (Phi) is 8.19. The number of rotatable bonds is 12. The van der Waals surface area contributed by atoms with E-state index in [0.29, 0.717) is 22.5 Å². The lowest BCUT2D eigenvalue weighted by atomic mass is 10.2. The largest absolute Gasteiger partial charge is 0.451 e. The third-order valence-corrected chi connectivity index (χ3v) is 6.12. The van der Waals surface area contributed by atoms with Crippen molar-refractivity contribution in [2.45, 2.75) is 12.2 Å². The predicted octanol–water partition coefficient (Wildman–Crippen LogP) is 0.0757. The molecule has 3 rings (SSSR count). The highest BCUT2D eigenvalue weighted by Crippen LogP contribution is 2.27. The first-order valence-electron chi connectivity index (χ1n) is 8.81. The molecule has 178 valence electrons. The first kappa shape index (κ1) is 24.8. The first-order chi connectivity index (χ1) is 15.6. The maximum atomic E-state index is 11.9. The molecule has 14 nitrogen and oxygen atoms in total. The minimum absolute atomic E-state index is 0.321. The Balaban J connectivity index is 1.51. The van der Waals surface area contributed by atoms with Gasteiger partial charge in [-0.1, -0.05) is 10.2 Å². The van der Waals surface area contributed by atoms with E-state index >= 15 is 0 Å². The van der Waals surface area contributed by atoms with Gasteiger partial charge in [0.25, 0.3) is 0 Å². The van der Waals surface area contributed by atoms with Gasteiger partial charge in [0.1, 0.15) is 12.2 Å². The number of hydrogen-bond donors (Lipinski definition) is 2. The summed E-state index contributed by atoms with van der Waals surface area (Å²) in [6, 6.07) is 5.87. The third kappa shape index (κ3) is 7.93. The molecule has 0 spiro atoms. The van der Waals surface area contributed by atoms with Crippen LogP contribution in [0.25, 0.3) is 0 Å². The van der Waals surface area contributed by atoms with Gasteiger partial charge in [-0.25, -0.2) is 8.37 Å². The fourth-order valence-electron chi connectivity index (χ4n) is 2.15. The highest BCUT2D eigenvalue weighted by atomic mass is 32.3. The molecule has 0 amide bonds. The van der Waals surface area contributed by atoms with Gasteiger partial charge in [-0.15, -0.1) is 0 Å². The molecular weight excluding hydrogens is 504 g/mol. The Morgan fingerprint density at radius 1 is 0.727 bits per heavy atom. The predicted molar refractivity (Wildman–Crippen MR) is 109 cm³/mol. The summed E-state index contributed by atoms with van der Waals surface area (Å²) in [6.07, 6.45) is 3.08. The highest BCUT2D eigenvalue weighted by molar-refractivity contribution is 7.82. The lowest BCUT2D eigenvalue weighted by Crippen LogP contribution is -2.17. The summed E-state index contributed by atoms with van der Waals surface area (Å²) in [5, 5.41) is 25.3. The summed E-state index contributed by atoms with van der Waals surface area (Å²) in [4.78, 5) is 7.53. The van der Waals surface area contributed by atoms with Crippen LogP contribution in [-0.2, 0) is 29.2 Å². The molecule has 0 aliphatic carbocycles. The number of pyridine rings is 2. The third-order valence-electron chi connectivity index (χ3n) is 3.66. The smallest absolute Gasteiger partial charge is 0.386 e. The van der Waals surface area contributed by atoms with E-state index in [1.807, 2.05) is 0 Å². The summed E-state index contributed by atoms with van der Waals surface area (Å²) in [5.41, 5.74) is 0.733. The molecule has 0 saturated carbocycles. The maximum Gasteiger partial charge on any atom is 0.451 e. The van der Waals surface area contributed by atoms with Crippen LogP contribution in [0.1, 0.15) is 23.3 Å². The van der Waals surface area contributed by atoms with Crippen molar-refractivity contribution in [3.63, 3.8) is 0 Å². The van der Waals surface area contributed by atoms with E-state index in [-0.39, 0.29) is 0 Å². The Morgan fingerprint density at radius 3 is 1.45 bits per heavy atom. The van der Waals surface area contributed by atoms with Crippen LogP contribution in [0, 0.1) is 0 Å². The van der Waals surface area contributed by atoms with Gasteiger partial charge < -0.3 is 18.6 Å². The fraction of sp³-hybridized carbons (Fsp3) is 0.250. The Labute approximate surface area is 192 Å². The van der Waals surface area contributed by atoms with Crippen molar-refractivity contribution in [2.24, 2.45) is 0 Å². The average molecular weight is 521 g/mol. The van der Waals surface area contributed by atoms with Crippen molar-refractivity contribution in [3.05, 3.63) is 60.2 Å². The molecule has 2 unspecified atom stereocenters. The molecule has 0 fully saturated rings. The first-order valence-corrected chi connectivity index (χ1v) is 12.3. The lowest BCUT2D eigenvalue weighted by molar-refractivity contribution is 0.104. The van der Waals surface area contributed by atoms with Crippen LogP contribution < -0.4 is 8.37 Å². The number of aliphatic hydroxyl groups is 2. The van der Waals surface area contributed by atoms with Gasteiger partial charge in [0.05, 0.1) is 13.2 Å². The van der Waals surface area contributed by atoms with Crippen LogP contribution in [0.2, 0.25) is 0 Å². The van der Waals surface area contributed by atoms with Gasteiger partial charge in [0, 0.05) is 24.8 Å². The molecule has 3 heterocycles. The van der Waals surface area contributed by atoms with Crippen molar-refractivity contribution in [3.8, 4) is 10.4 Å². The topological polar surface area (TPSA) is 197 Å². The number of hydrogen-bond acceptors (Lipinski definition) is 15. The monoisotopic (exact) mass is 520 g/mol. The maximum absolute atomic E-state index is 11.9. The van der Waals surface area contributed by atoms with E-state index in [2.05, 4.69) is 36.9 Å². The van der Waals surface area contributed by atoms with Gasteiger partial charge in [-0.3, -0.25) is 9.97 Å². The van der Waals surface area contributed by atoms with Gasteiger partial charge in [0.15, 0.2) is 0 Å². The highest BCUT2D eigenvalue weighted by Gasteiger charge is 2.24. The van der Waals surface area contributed by atoms with Crippen LogP contribution in [0.5, 0.6) is 10.4 Å². The van der Waals surface area contributed by atoms with E-state index < -0.39 is 56.6 Å². The summed E-state index contributed by atoms with van der Waals surface area (Å²) in [6.45, 7) is -1.31. The van der Waals surface area contributed by atoms with Crippen molar-refractivity contribution in [1.82, 2.24) is 20.2 Å². The van der Waals surface area contributed by atoms with E-state index in [1.54, 1.807) is 0 Å². The zero-order valence-electron chi connectivity index (χ0n) is 16.4. The molecule has 0 aliphatic heterocycles. The minimum Gasteiger partial charge on any atom is -0.386 e. The second-order valence-electron chi connectivity index (χ2n) is 5.98. The quantitative estimate of drug-likeness (QED) is 0.325. The van der Waals surface area contributed by atoms with E-state index in [0.717, 1.165) is 0 Å².